The van der Waals surface area contributed by atoms with Crippen molar-refractivity contribution in [3.05, 3.63) is 29.8 Å². The van der Waals surface area contributed by atoms with Crippen molar-refractivity contribution in [1.82, 2.24) is 10.2 Å². The number of nitrogens with one attached hydrogen (secondary N) is 1. The molecular weight excluding hydrogens is 260 g/mol. The minimum absolute atomic E-state index is 0.614. The first-order chi connectivity index (χ1) is 10.1. The lowest BCUT2D eigenvalue weighted by molar-refractivity contribution is 0.223. The van der Waals surface area contributed by atoms with Gasteiger partial charge >= 0.3 is 0 Å². The van der Waals surface area contributed by atoms with Crippen LogP contribution in [0, 0.1) is 5.92 Å². The second kappa shape index (κ2) is 8.40. The fourth-order valence-corrected chi connectivity index (χ4v) is 2.73. The zero-order valence-corrected chi connectivity index (χ0v) is 13.8. The van der Waals surface area contributed by atoms with Gasteiger partial charge in [0.2, 0.25) is 0 Å². The first-order valence-electron chi connectivity index (χ1n) is 8.31. The van der Waals surface area contributed by atoms with Crippen LogP contribution in [-0.2, 0) is 6.54 Å². The molecule has 1 heterocycles. The predicted octanol–water partition coefficient (Wildman–Crippen LogP) is 3.30. The number of para-hydroxylation sites is 1. The molecular formula is C18H30N2O. The van der Waals surface area contributed by atoms with Crippen LogP contribution in [0.5, 0.6) is 5.75 Å². The summed E-state index contributed by atoms with van der Waals surface area (Å²) in [6.07, 6.45) is 2.57. The average Bonchev–Trinajstić information content (AvgIpc) is 2.67. The van der Waals surface area contributed by atoms with E-state index in [1.807, 2.05) is 6.07 Å². The van der Waals surface area contributed by atoms with Gasteiger partial charge in [-0.2, -0.15) is 0 Å². The van der Waals surface area contributed by atoms with Gasteiger partial charge < -0.3 is 10.1 Å². The van der Waals surface area contributed by atoms with E-state index in [1.165, 1.54) is 18.4 Å². The summed E-state index contributed by atoms with van der Waals surface area (Å²) in [5.74, 6) is 1.85. The Morgan fingerprint density at radius 1 is 1.19 bits per heavy atom. The number of hydrogen-bond acceptors (Lipinski definition) is 3. The maximum absolute atomic E-state index is 5.81. The molecule has 0 bridgehead atoms. The van der Waals surface area contributed by atoms with E-state index in [-0.39, 0.29) is 0 Å². The van der Waals surface area contributed by atoms with E-state index >= 15 is 0 Å². The highest BCUT2D eigenvalue weighted by Gasteiger charge is 2.14. The Hall–Kier alpha value is -1.06. The fraction of sp³-hybridized carbons (Fsp3) is 0.667. The monoisotopic (exact) mass is 290 g/mol. The van der Waals surface area contributed by atoms with Crippen molar-refractivity contribution in [2.45, 2.75) is 46.2 Å². The van der Waals surface area contributed by atoms with Crippen molar-refractivity contribution < 1.29 is 4.74 Å². The van der Waals surface area contributed by atoms with Gasteiger partial charge in [-0.25, -0.2) is 0 Å². The highest BCUT2D eigenvalue weighted by Crippen LogP contribution is 2.22. The van der Waals surface area contributed by atoms with Crippen LogP contribution < -0.4 is 10.1 Å². The summed E-state index contributed by atoms with van der Waals surface area (Å²) < 4.78 is 5.81. The molecule has 1 N–H and O–H groups in total. The first kappa shape index (κ1) is 16.3. The Kier molecular flexibility index (Phi) is 6.52. The van der Waals surface area contributed by atoms with E-state index in [1.54, 1.807) is 0 Å². The normalized spacial score (nSPS) is 17.1. The fourth-order valence-electron chi connectivity index (χ4n) is 2.73. The largest absolute Gasteiger partial charge is 0.492 e. The Morgan fingerprint density at radius 2 is 2.00 bits per heavy atom. The van der Waals surface area contributed by atoms with Gasteiger partial charge in [-0.15, -0.1) is 0 Å². The van der Waals surface area contributed by atoms with E-state index in [9.17, 15) is 0 Å². The number of nitrogens with zero attached hydrogens (tertiary/aromatic N) is 1. The number of ether oxygens (including phenoxy) is 1. The summed E-state index contributed by atoms with van der Waals surface area (Å²) in [4.78, 5) is 2.48. The van der Waals surface area contributed by atoms with Gasteiger partial charge in [0.25, 0.3) is 0 Å². The topological polar surface area (TPSA) is 24.5 Å². The molecule has 118 valence electrons. The van der Waals surface area contributed by atoms with Crippen LogP contribution in [0.1, 0.15) is 39.2 Å². The van der Waals surface area contributed by atoms with Crippen LogP contribution in [0.2, 0.25) is 0 Å². The van der Waals surface area contributed by atoms with Gasteiger partial charge in [-0.05, 0) is 31.7 Å². The maximum atomic E-state index is 5.81. The SMILES string of the molecule is CC(C)CCC(C)NCCN1CCOc2ccccc2C1. The van der Waals surface area contributed by atoms with Crippen LogP contribution in [0.25, 0.3) is 0 Å². The lowest BCUT2D eigenvalue weighted by atomic mass is 10.0. The number of benzene rings is 1. The van der Waals surface area contributed by atoms with Gasteiger partial charge in [0.05, 0.1) is 0 Å². The summed E-state index contributed by atoms with van der Waals surface area (Å²) in [7, 11) is 0. The van der Waals surface area contributed by atoms with Crippen LogP contribution in [0.15, 0.2) is 24.3 Å². The molecule has 0 aromatic heterocycles. The third-order valence-corrected chi connectivity index (χ3v) is 4.13. The molecule has 1 aromatic rings. The minimum Gasteiger partial charge on any atom is -0.492 e. The van der Waals surface area contributed by atoms with Crippen molar-refractivity contribution in [2.75, 3.05) is 26.2 Å². The highest BCUT2D eigenvalue weighted by atomic mass is 16.5. The summed E-state index contributed by atoms with van der Waals surface area (Å²) in [6, 6.07) is 9.00. The Labute approximate surface area is 129 Å². The van der Waals surface area contributed by atoms with Crippen molar-refractivity contribution >= 4 is 0 Å². The Morgan fingerprint density at radius 3 is 2.81 bits per heavy atom. The molecule has 1 aliphatic rings. The second-order valence-electron chi connectivity index (χ2n) is 6.56. The van der Waals surface area contributed by atoms with Crippen molar-refractivity contribution in [3.8, 4) is 5.75 Å². The van der Waals surface area contributed by atoms with E-state index in [2.05, 4.69) is 49.2 Å². The van der Waals surface area contributed by atoms with Crippen LogP contribution in [0.4, 0.5) is 0 Å². The number of hydrogen-bond donors (Lipinski definition) is 1. The van der Waals surface area contributed by atoms with Crippen molar-refractivity contribution in [1.29, 1.82) is 0 Å². The lowest BCUT2D eigenvalue weighted by Crippen LogP contribution is -2.36. The van der Waals surface area contributed by atoms with Crippen molar-refractivity contribution in [3.63, 3.8) is 0 Å². The van der Waals surface area contributed by atoms with Crippen LogP contribution in [-0.4, -0.2) is 37.2 Å². The van der Waals surface area contributed by atoms with E-state index < -0.39 is 0 Å². The Balaban J connectivity index is 1.71. The molecule has 0 saturated carbocycles. The van der Waals surface area contributed by atoms with Gasteiger partial charge in [0.15, 0.2) is 0 Å². The maximum Gasteiger partial charge on any atom is 0.123 e. The highest BCUT2D eigenvalue weighted by molar-refractivity contribution is 5.33. The average molecular weight is 290 g/mol. The van der Waals surface area contributed by atoms with Crippen LogP contribution in [0.3, 0.4) is 0 Å². The molecule has 1 unspecified atom stereocenters. The molecule has 1 atom stereocenters. The standard InChI is InChI=1S/C18H30N2O/c1-15(2)8-9-16(3)19-10-11-20-12-13-21-18-7-5-4-6-17(18)14-20/h4-7,15-16,19H,8-14H2,1-3H3. The predicted molar refractivity (Wildman–Crippen MR) is 88.8 cm³/mol. The second-order valence-corrected chi connectivity index (χ2v) is 6.56. The molecule has 0 spiro atoms. The number of rotatable bonds is 7. The van der Waals surface area contributed by atoms with Gasteiger partial charge in [0.1, 0.15) is 12.4 Å². The molecule has 0 radical (unpaired) electrons. The van der Waals surface area contributed by atoms with Gasteiger partial charge in [-0.1, -0.05) is 32.0 Å². The molecule has 0 aliphatic carbocycles. The van der Waals surface area contributed by atoms with E-state index in [4.69, 9.17) is 4.74 Å². The first-order valence-corrected chi connectivity index (χ1v) is 8.31. The molecule has 0 fully saturated rings. The molecule has 3 heteroatoms. The quantitative estimate of drug-likeness (QED) is 0.834. The van der Waals surface area contributed by atoms with E-state index in [0.29, 0.717) is 6.04 Å². The Bertz CT molecular complexity index is 419. The third-order valence-electron chi connectivity index (χ3n) is 4.13. The summed E-state index contributed by atoms with van der Waals surface area (Å²) >= 11 is 0. The van der Waals surface area contributed by atoms with Gasteiger partial charge in [-0.3, -0.25) is 4.90 Å². The zero-order chi connectivity index (χ0) is 15.1. The van der Waals surface area contributed by atoms with Crippen LogP contribution >= 0.6 is 0 Å². The van der Waals surface area contributed by atoms with Crippen molar-refractivity contribution in [2.24, 2.45) is 5.92 Å². The third kappa shape index (κ3) is 5.68. The molecule has 0 saturated heterocycles. The smallest absolute Gasteiger partial charge is 0.123 e. The molecule has 0 amide bonds. The minimum atomic E-state index is 0.614. The summed E-state index contributed by atoms with van der Waals surface area (Å²) in [5, 5.41) is 3.65. The molecule has 1 aromatic carbocycles. The number of fused-ring (bicyclic) bond motifs is 1. The summed E-state index contributed by atoms with van der Waals surface area (Å²) in [5.41, 5.74) is 1.31. The van der Waals surface area contributed by atoms with E-state index in [0.717, 1.165) is 44.5 Å². The lowest BCUT2D eigenvalue weighted by Gasteiger charge is -2.21. The molecule has 21 heavy (non-hydrogen) atoms. The summed E-state index contributed by atoms with van der Waals surface area (Å²) in [6.45, 7) is 11.8. The molecule has 3 nitrogen and oxygen atoms in total. The molecule has 1 aliphatic heterocycles. The molecule has 2 rings (SSSR count). The zero-order valence-electron chi connectivity index (χ0n) is 13.8. The van der Waals surface area contributed by atoms with Gasteiger partial charge in [0, 0.05) is 37.8 Å².